The lowest BCUT2D eigenvalue weighted by molar-refractivity contribution is 0.310. The Balaban J connectivity index is 1.87. The highest BCUT2D eigenvalue weighted by Crippen LogP contribution is 2.23. The van der Waals surface area contributed by atoms with Crippen LogP contribution in [0.4, 0.5) is 0 Å². The molecule has 0 saturated carbocycles. The summed E-state index contributed by atoms with van der Waals surface area (Å²) in [6, 6.07) is 15.9. The molecular weight excluding hydrogens is 224 g/mol. The van der Waals surface area contributed by atoms with Crippen LogP contribution in [0.1, 0.15) is 5.56 Å². The summed E-state index contributed by atoms with van der Waals surface area (Å²) < 4.78 is 5.83. The van der Waals surface area contributed by atoms with Gasteiger partial charge in [-0.2, -0.15) is 0 Å². The maximum atomic E-state index is 5.83. The molecule has 0 fully saturated rings. The molecule has 0 unspecified atom stereocenters. The van der Waals surface area contributed by atoms with Crippen LogP contribution in [0.15, 0.2) is 61.1 Å². The highest BCUT2D eigenvalue weighted by molar-refractivity contribution is 5.83. The molecule has 2 aromatic carbocycles. The largest absolute Gasteiger partial charge is 0.488 e. The van der Waals surface area contributed by atoms with Crippen LogP contribution >= 0.6 is 0 Å². The molecular formula is C15H12N2O. The molecule has 0 N–H and O–H groups in total. The third-order valence-electron chi connectivity index (χ3n) is 2.75. The van der Waals surface area contributed by atoms with Crippen molar-refractivity contribution in [1.82, 2.24) is 9.97 Å². The quantitative estimate of drug-likeness (QED) is 0.700. The summed E-state index contributed by atoms with van der Waals surface area (Å²) in [5.74, 6) is 0.817. The van der Waals surface area contributed by atoms with Gasteiger partial charge in [0.15, 0.2) is 0 Å². The van der Waals surface area contributed by atoms with E-state index in [0.29, 0.717) is 6.61 Å². The van der Waals surface area contributed by atoms with Gasteiger partial charge in [-0.3, -0.25) is 0 Å². The van der Waals surface area contributed by atoms with Crippen molar-refractivity contribution in [1.29, 1.82) is 0 Å². The first-order valence-corrected chi connectivity index (χ1v) is 5.79. The van der Waals surface area contributed by atoms with E-state index in [-0.39, 0.29) is 0 Å². The molecule has 18 heavy (non-hydrogen) atoms. The fourth-order valence-corrected chi connectivity index (χ4v) is 1.84. The van der Waals surface area contributed by atoms with Crippen molar-refractivity contribution in [2.24, 2.45) is 0 Å². The summed E-state index contributed by atoms with van der Waals surface area (Å²) in [5, 5.41) is 0.941. The van der Waals surface area contributed by atoms with Gasteiger partial charge >= 0.3 is 0 Å². The van der Waals surface area contributed by atoms with Gasteiger partial charge in [0, 0.05) is 6.20 Å². The van der Waals surface area contributed by atoms with Crippen LogP contribution in [-0.2, 0) is 6.61 Å². The molecule has 3 nitrogen and oxygen atoms in total. The maximum Gasteiger partial charge on any atom is 0.130 e. The van der Waals surface area contributed by atoms with Gasteiger partial charge < -0.3 is 4.74 Å². The summed E-state index contributed by atoms with van der Waals surface area (Å²) in [4.78, 5) is 8.24. The van der Waals surface area contributed by atoms with E-state index in [1.165, 1.54) is 0 Å². The lowest BCUT2D eigenvalue weighted by Crippen LogP contribution is -1.96. The topological polar surface area (TPSA) is 35.0 Å². The lowest BCUT2D eigenvalue weighted by atomic mass is 10.2. The molecule has 3 aromatic rings. The Hall–Kier alpha value is -2.42. The van der Waals surface area contributed by atoms with Crippen molar-refractivity contribution >= 4 is 10.9 Å². The van der Waals surface area contributed by atoms with Crippen molar-refractivity contribution in [3.63, 3.8) is 0 Å². The number of benzene rings is 2. The summed E-state index contributed by atoms with van der Waals surface area (Å²) in [6.07, 6.45) is 3.33. The van der Waals surface area contributed by atoms with E-state index in [2.05, 4.69) is 9.97 Å². The molecule has 3 rings (SSSR count). The predicted octanol–water partition coefficient (Wildman–Crippen LogP) is 3.21. The van der Waals surface area contributed by atoms with Gasteiger partial charge in [0.05, 0.1) is 10.9 Å². The number of aromatic nitrogens is 2. The number of fused-ring (bicyclic) bond motifs is 1. The van der Waals surface area contributed by atoms with E-state index in [4.69, 9.17) is 4.74 Å². The molecule has 0 saturated heterocycles. The van der Waals surface area contributed by atoms with E-state index in [1.807, 2.05) is 48.5 Å². The fraction of sp³-hybridized carbons (Fsp3) is 0.0667. The Morgan fingerprint density at radius 1 is 0.944 bits per heavy atom. The molecule has 0 aliphatic rings. The third-order valence-corrected chi connectivity index (χ3v) is 2.75. The van der Waals surface area contributed by atoms with Crippen LogP contribution in [0, 0.1) is 0 Å². The van der Waals surface area contributed by atoms with Crippen LogP contribution < -0.4 is 4.74 Å². The number of ether oxygens (including phenoxy) is 1. The van der Waals surface area contributed by atoms with Gasteiger partial charge in [0.1, 0.15) is 18.7 Å². The van der Waals surface area contributed by atoms with Gasteiger partial charge in [-0.05, 0) is 17.7 Å². The zero-order valence-corrected chi connectivity index (χ0v) is 9.78. The fourth-order valence-electron chi connectivity index (χ4n) is 1.84. The van der Waals surface area contributed by atoms with E-state index in [1.54, 1.807) is 12.5 Å². The molecule has 1 aromatic heterocycles. The molecule has 88 valence electrons. The molecule has 0 radical (unpaired) electrons. The maximum absolute atomic E-state index is 5.83. The summed E-state index contributed by atoms with van der Waals surface area (Å²) in [5.41, 5.74) is 2.04. The van der Waals surface area contributed by atoms with Crippen molar-refractivity contribution in [2.75, 3.05) is 0 Å². The molecule has 3 heteroatoms. The van der Waals surface area contributed by atoms with Crippen LogP contribution in [0.5, 0.6) is 5.75 Å². The molecule has 0 amide bonds. The molecule has 0 aliphatic heterocycles. The Bertz CT molecular complexity index is 647. The van der Waals surface area contributed by atoms with E-state index >= 15 is 0 Å². The highest BCUT2D eigenvalue weighted by atomic mass is 16.5. The van der Waals surface area contributed by atoms with Gasteiger partial charge in [0.2, 0.25) is 0 Å². The first kappa shape index (κ1) is 10.7. The second-order valence-corrected chi connectivity index (χ2v) is 3.99. The molecule has 0 bridgehead atoms. The van der Waals surface area contributed by atoms with Crippen LogP contribution in [0.2, 0.25) is 0 Å². The Kier molecular flexibility index (Phi) is 2.88. The summed E-state index contributed by atoms with van der Waals surface area (Å²) in [6.45, 7) is 0.550. The third kappa shape index (κ3) is 2.15. The normalized spacial score (nSPS) is 10.4. The first-order chi connectivity index (χ1) is 8.93. The monoisotopic (exact) mass is 236 g/mol. The average molecular weight is 236 g/mol. The zero-order chi connectivity index (χ0) is 12.2. The van der Waals surface area contributed by atoms with Gasteiger partial charge in [-0.25, -0.2) is 9.97 Å². The minimum Gasteiger partial charge on any atom is -0.488 e. The zero-order valence-electron chi connectivity index (χ0n) is 9.78. The van der Waals surface area contributed by atoms with Crippen LogP contribution in [0.25, 0.3) is 10.9 Å². The van der Waals surface area contributed by atoms with E-state index in [0.717, 1.165) is 22.2 Å². The minimum absolute atomic E-state index is 0.550. The van der Waals surface area contributed by atoms with Gasteiger partial charge in [-0.15, -0.1) is 0 Å². The summed E-state index contributed by atoms with van der Waals surface area (Å²) in [7, 11) is 0. The van der Waals surface area contributed by atoms with Gasteiger partial charge in [-0.1, -0.05) is 36.4 Å². The second kappa shape index (κ2) is 4.84. The lowest BCUT2D eigenvalue weighted by Gasteiger charge is -2.08. The smallest absolute Gasteiger partial charge is 0.130 e. The first-order valence-electron chi connectivity index (χ1n) is 5.79. The van der Waals surface area contributed by atoms with E-state index in [9.17, 15) is 0 Å². The van der Waals surface area contributed by atoms with Gasteiger partial charge in [0.25, 0.3) is 0 Å². The number of nitrogens with zero attached hydrogens (tertiary/aromatic N) is 2. The van der Waals surface area contributed by atoms with Crippen molar-refractivity contribution in [2.45, 2.75) is 6.61 Å². The van der Waals surface area contributed by atoms with Crippen LogP contribution in [-0.4, -0.2) is 9.97 Å². The second-order valence-electron chi connectivity index (χ2n) is 3.99. The van der Waals surface area contributed by atoms with Crippen LogP contribution in [0.3, 0.4) is 0 Å². The Labute approximate surface area is 105 Å². The minimum atomic E-state index is 0.550. The average Bonchev–Trinajstić information content (AvgIpc) is 2.46. The molecule has 0 atom stereocenters. The Morgan fingerprint density at radius 3 is 2.72 bits per heavy atom. The summed E-state index contributed by atoms with van der Waals surface area (Å²) >= 11 is 0. The molecule has 0 aliphatic carbocycles. The standard InChI is InChI=1S/C15H12N2O/c1-2-5-12(6-3-1)10-18-15-8-4-7-14-13(15)9-16-11-17-14/h1-9,11H,10H2. The number of hydrogen-bond acceptors (Lipinski definition) is 3. The number of hydrogen-bond donors (Lipinski definition) is 0. The SMILES string of the molecule is c1ccc(COc2cccc3ncncc23)cc1. The van der Waals surface area contributed by atoms with Crippen molar-refractivity contribution in [3.05, 3.63) is 66.6 Å². The van der Waals surface area contributed by atoms with Crippen molar-refractivity contribution < 1.29 is 4.74 Å². The predicted molar refractivity (Wildman–Crippen MR) is 70.3 cm³/mol. The molecule has 0 spiro atoms. The van der Waals surface area contributed by atoms with Crippen molar-refractivity contribution in [3.8, 4) is 5.75 Å². The number of rotatable bonds is 3. The highest BCUT2D eigenvalue weighted by Gasteiger charge is 2.02. The van der Waals surface area contributed by atoms with E-state index < -0.39 is 0 Å². The Morgan fingerprint density at radius 2 is 1.83 bits per heavy atom. The molecule has 1 heterocycles.